The molecule has 0 saturated carbocycles. The van der Waals surface area contributed by atoms with Gasteiger partial charge in [0.05, 0.1) is 4.91 Å². The second-order valence-electron chi connectivity index (χ2n) is 3.02. The predicted molar refractivity (Wildman–Crippen MR) is 56.8 cm³/mol. The molecule has 2 rings (SSSR count). The maximum Gasteiger partial charge on any atom is 0.225 e. The number of hydrogen-bond donors (Lipinski definition) is 0. The second kappa shape index (κ2) is 4.05. The Balaban J connectivity index is 2.54. The Hall–Kier alpha value is -1.69. The number of Topliss-reactive ketones (excluding diaryl/α,β-unsaturated/α-hetero) is 1. The van der Waals surface area contributed by atoms with Gasteiger partial charge in [-0.15, -0.1) is 11.8 Å². The number of ketones is 2. The minimum absolute atomic E-state index is 0.0153. The SMILES string of the molecule is CCSC1=CC(=O)c2onc(C=O)c2C1=O. The summed E-state index contributed by atoms with van der Waals surface area (Å²) < 4.78 is 4.68. The van der Waals surface area contributed by atoms with Crippen molar-refractivity contribution in [3.05, 3.63) is 28.0 Å². The standard InChI is InChI=1S/C10H7NO4S/c1-2-16-7-3-6(13)10-8(9(7)14)5(4-12)11-15-10/h3-4H,2H2,1H3. The van der Waals surface area contributed by atoms with Crippen LogP contribution in [0.1, 0.15) is 38.3 Å². The van der Waals surface area contributed by atoms with Gasteiger partial charge in [-0.25, -0.2) is 0 Å². The average Bonchev–Trinajstić information content (AvgIpc) is 2.70. The molecule has 0 aromatic carbocycles. The average molecular weight is 237 g/mol. The quantitative estimate of drug-likeness (QED) is 0.741. The van der Waals surface area contributed by atoms with Crippen LogP contribution in [0.2, 0.25) is 0 Å². The lowest BCUT2D eigenvalue weighted by atomic mass is 10.0. The van der Waals surface area contributed by atoms with Crippen molar-refractivity contribution >= 4 is 29.6 Å². The number of aldehydes is 1. The summed E-state index contributed by atoms with van der Waals surface area (Å²) in [6.07, 6.45) is 1.63. The lowest BCUT2D eigenvalue weighted by molar-refractivity contribution is 0.0967. The van der Waals surface area contributed by atoms with Crippen molar-refractivity contribution < 1.29 is 18.9 Å². The fraction of sp³-hybridized carbons (Fsp3) is 0.200. The molecule has 0 N–H and O–H groups in total. The van der Waals surface area contributed by atoms with Gasteiger partial charge in [0.15, 0.2) is 12.0 Å². The van der Waals surface area contributed by atoms with E-state index in [9.17, 15) is 14.4 Å². The van der Waals surface area contributed by atoms with Gasteiger partial charge in [-0.1, -0.05) is 12.1 Å². The van der Waals surface area contributed by atoms with Gasteiger partial charge in [0.25, 0.3) is 0 Å². The molecule has 0 radical (unpaired) electrons. The van der Waals surface area contributed by atoms with E-state index in [0.717, 1.165) is 0 Å². The zero-order chi connectivity index (χ0) is 11.7. The van der Waals surface area contributed by atoms with Gasteiger partial charge in [0, 0.05) is 6.08 Å². The van der Waals surface area contributed by atoms with Crippen molar-refractivity contribution in [1.82, 2.24) is 5.16 Å². The van der Waals surface area contributed by atoms with Crippen molar-refractivity contribution in [3.8, 4) is 0 Å². The molecule has 0 spiro atoms. The number of fused-ring (bicyclic) bond motifs is 1. The lowest BCUT2D eigenvalue weighted by Gasteiger charge is -2.08. The Bertz CT molecular complexity index is 515. The Morgan fingerprint density at radius 3 is 2.88 bits per heavy atom. The molecule has 16 heavy (non-hydrogen) atoms. The van der Waals surface area contributed by atoms with E-state index in [1.54, 1.807) is 0 Å². The monoisotopic (exact) mass is 237 g/mol. The van der Waals surface area contributed by atoms with Gasteiger partial charge in [-0.05, 0) is 5.75 Å². The molecule has 0 aliphatic heterocycles. The molecule has 0 saturated heterocycles. The van der Waals surface area contributed by atoms with Crippen molar-refractivity contribution in [3.63, 3.8) is 0 Å². The maximum absolute atomic E-state index is 11.9. The highest BCUT2D eigenvalue weighted by Gasteiger charge is 2.33. The van der Waals surface area contributed by atoms with Gasteiger partial charge in [-0.2, -0.15) is 0 Å². The number of aromatic nitrogens is 1. The summed E-state index contributed by atoms with van der Waals surface area (Å²) in [6, 6.07) is 0. The highest BCUT2D eigenvalue weighted by molar-refractivity contribution is 8.04. The molecule has 0 fully saturated rings. The zero-order valence-electron chi connectivity index (χ0n) is 8.35. The van der Waals surface area contributed by atoms with Crippen LogP contribution < -0.4 is 0 Å². The first-order valence-electron chi connectivity index (χ1n) is 4.57. The fourth-order valence-electron chi connectivity index (χ4n) is 1.41. The number of rotatable bonds is 3. The van der Waals surface area contributed by atoms with Crippen molar-refractivity contribution in [2.45, 2.75) is 6.92 Å². The van der Waals surface area contributed by atoms with Crippen LogP contribution in [-0.4, -0.2) is 28.8 Å². The summed E-state index contributed by atoms with van der Waals surface area (Å²) in [5.74, 6) is -0.273. The Labute approximate surface area is 94.9 Å². The van der Waals surface area contributed by atoms with E-state index in [4.69, 9.17) is 0 Å². The summed E-state index contributed by atoms with van der Waals surface area (Å²) in [4.78, 5) is 34.4. The molecule has 1 aromatic rings. The Morgan fingerprint density at radius 1 is 1.50 bits per heavy atom. The molecule has 0 unspecified atom stereocenters. The molecule has 0 bridgehead atoms. The van der Waals surface area contributed by atoms with E-state index >= 15 is 0 Å². The third-order valence-corrected chi connectivity index (χ3v) is 2.97. The first-order chi connectivity index (χ1) is 7.69. The number of carbonyl (C=O) groups is 3. The number of hydrogen-bond acceptors (Lipinski definition) is 6. The molecule has 6 heteroatoms. The molecule has 82 valence electrons. The van der Waals surface area contributed by atoms with E-state index in [1.165, 1.54) is 17.8 Å². The zero-order valence-corrected chi connectivity index (χ0v) is 9.17. The van der Waals surface area contributed by atoms with Gasteiger partial charge in [0.1, 0.15) is 5.56 Å². The van der Waals surface area contributed by atoms with E-state index in [1.807, 2.05) is 6.92 Å². The van der Waals surface area contributed by atoms with Crippen LogP contribution in [0.4, 0.5) is 0 Å². The van der Waals surface area contributed by atoms with Crippen LogP contribution in [0.3, 0.4) is 0 Å². The van der Waals surface area contributed by atoms with Gasteiger partial charge >= 0.3 is 0 Å². The van der Waals surface area contributed by atoms with Crippen LogP contribution in [0.15, 0.2) is 15.5 Å². The van der Waals surface area contributed by atoms with E-state index in [-0.39, 0.29) is 22.8 Å². The third kappa shape index (κ3) is 1.51. The fourth-order valence-corrected chi connectivity index (χ4v) is 2.14. The topological polar surface area (TPSA) is 77.2 Å². The lowest BCUT2D eigenvalue weighted by Crippen LogP contribution is -2.15. The van der Waals surface area contributed by atoms with Gasteiger partial charge in [0.2, 0.25) is 17.3 Å². The van der Waals surface area contributed by atoms with Gasteiger partial charge < -0.3 is 4.52 Å². The number of carbonyl (C=O) groups excluding carboxylic acids is 3. The molecule has 0 atom stereocenters. The van der Waals surface area contributed by atoms with E-state index < -0.39 is 5.78 Å². The van der Waals surface area contributed by atoms with Crippen molar-refractivity contribution in [1.29, 1.82) is 0 Å². The highest BCUT2D eigenvalue weighted by atomic mass is 32.2. The van der Waals surface area contributed by atoms with Gasteiger partial charge in [-0.3, -0.25) is 14.4 Å². The summed E-state index contributed by atoms with van der Waals surface area (Å²) in [6.45, 7) is 1.87. The molecule has 5 nitrogen and oxygen atoms in total. The van der Waals surface area contributed by atoms with Crippen LogP contribution in [0.5, 0.6) is 0 Å². The summed E-state index contributed by atoms with van der Waals surface area (Å²) in [7, 11) is 0. The number of allylic oxidation sites excluding steroid dienone is 2. The third-order valence-electron chi connectivity index (χ3n) is 2.07. The van der Waals surface area contributed by atoms with Crippen LogP contribution in [0, 0.1) is 0 Å². The second-order valence-corrected chi connectivity index (χ2v) is 4.33. The normalized spacial score (nSPS) is 14.7. The highest BCUT2D eigenvalue weighted by Crippen LogP contribution is 2.29. The first-order valence-corrected chi connectivity index (χ1v) is 5.56. The van der Waals surface area contributed by atoms with Crippen LogP contribution in [0.25, 0.3) is 0 Å². The number of thioether (sulfide) groups is 1. The minimum atomic E-state index is -0.425. The van der Waals surface area contributed by atoms with Crippen LogP contribution >= 0.6 is 11.8 Å². The Morgan fingerprint density at radius 2 is 2.25 bits per heavy atom. The largest absolute Gasteiger partial charge is 0.351 e. The maximum atomic E-state index is 11.9. The molecular formula is C10H7NO4S. The number of nitrogens with zero attached hydrogens (tertiary/aromatic N) is 1. The van der Waals surface area contributed by atoms with E-state index in [0.29, 0.717) is 16.9 Å². The molecular weight excluding hydrogens is 230 g/mol. The Kier molecular flexibility index (Phi) is 2.74. The summed E-state index contributed by atoms with van der Waals surface area (Å²) >= 11 is 1.26. The molecule has 0 amide bonds. The predicted octanol–water partition coefficient (Wildman–Crippen LogP) is 1.50. The first kappa shape index (κ1) is 10.8. The van der Waals surface area contributed by atoms with Crippen molar-refractivity contribution in [2.75, 3.05) is 5.75 Å². The molecule has 1 aliphatic rings. The van der Waals surface area contributed by atoms with Crippen molar-refractivity contribution in [2.24, 2.45) is 0 Å². The summed E-state index contributed by atoms with van der Waals surface area (Å²) in [5, 5.41) is 3.38. The van der Waals surface area contributed by atoms with Crippen LogP contribution in [-0.2, 0) is 0 Å². The summed E-state index contributed by atoms with van der Waals surface area (Å²) in [5.41, 5.74) is -0.130. The smallest absolute Gasteiger partial charge is 0.225 e. The minimum Gasteiger partial charge on any atom is -0.351 e. The molecule has 1 heterocycles. The molecule has 1 aromatic heterocycles. The molecule has 1 aliphatic carbocycles. The van der Waals surface area contributed by atoms with E-state index in [2.05, 4.69) is 9.68 Å².